The van der Waals surface area contributed by atoms with Gasteiger partial charge in [-0.3, -0.25) is 9.59 Å². The molecular weight excluding hydrogens is 369 g/mol. The fourth-order valence-corrected chi connectivity index (χ4v) is 2.36. The summed E-state index contributed by atoms with van der Waals surface area (Å²) in [6, 6.07) is 10.9. The Kier molecular flexibility index (Phi) is 8.08. The van der Waals surface area contributed by atoms with Crippen molar-refractivity contribution in [1.82, 2.24) is 5.32 Å². The fraction of sp³-hybridized carbons (Fsp3) is 0.300. The number of hydrogen-bond donors (Lipinski definition) is 2. The number of carbonyl (C=O) groups excluding carboxylic acids is 1. The van der Waals surface area contributed by atoms with Gasteiger partial charge in [0.2, 0.25) is 5.91 Å². The van der Waals surface area contributed by atoms with Crippen LogP contribution in [0.5, 0.6) is 17.2 Å². The van der Waals surface area contributed by atoms with Crippen LogP contribution >= 0.6 is 0 Å². The quantitative estimate of drug-likeness (QED) is 0.572. The largest absolute Gasteiger partial charge is 0.493 e. The average Bonchev–Trinajstić information content (AvgIpc) is 2.69. The van der Waals surface area contributed by atoms with Gasteiger partial charge >= 0.3 is 5.97 Å². The number of halogens is 1. The minimum absolute atomic E-state index is 0.0962. The minimum Gasteiger partial charge on any atom is -0.493 e. The molecule has 2 rings (SSSR count). The van der Waals surface area contributed by atoms with Crippen molar-refractivity contribution in [3.8, 4) is 17.2 Å². The van der Waals surface area contributed by atoms with Crippen molar-refractivity contribution in [3.05, 3.63) is 53.8 Å². The zero-order valence-corrected chi connectivity index (χ0v) is 15.4. The van der Waals surface area contributed by atoms with Crippen LogP contribution in [0.2, 0.25) is 0 Å². The van der Waals surface area contributed by atoms with E-state index in [1.54, 1.807) is 18.2 Å². The van der Waals surface area contributed by atoms with E-state index >= 15 is 0 Å². The van der Waals surface area contributed by atoms with Crippen LogP contribution in [0.1, 0.15) is 18.4 Å². The second-order valence-corrected chi connectivity index (χ2v) is 5.77. The normalized spacial score (nSPS) is 10.2. The number of para-hydroxylation sites is 1. The summed E-state index contributed by atoms with van der Waals surface area (Å²) in [6.45, 7) is 0.607. The lowest BCUT2D eigenvalue weighted by Crippen LogP contribution is -2.23. The number of methoxy groups -OCH3 is 1. The van der Waals surface area contributed by atoms with Crippen molar-refractivity contribution in [2.24, 2.45) is 0 Å². The topological polar surface area (TPSA) is 94.1 Å². The SMILES string of the molecule is COc1cccc(CNC(=O)CCC(=O)O)c1OCCOc1ccc(F)cc1. The van der Waals surface area contributed by atoms with Crippen molar-refractivity contribution in [3.63, 3.8) is 0 Å². The van der Waals surface area contributed by atoms with Gasteiger partial charge < -0.3 is 24.6 Å². The maximum atomic E-state index is 12.9. The highest BCUT2D eigenvalue weighted by atomic mass is 19.1. The Labute approximate surface area is 162 Å². The molecule has 2 N–H and O–H groups in total. The molecule has 0 aliphatic carbocycles. The third-order valence-corrected chi connectivity index (χ3v) is 3.73. The molecule has 0 radical (unpaired) electrons. The molecule has 0 unspecified atom stereocenters. The summed E-state index contributed by atoms with van der Waals surface area (Å²) >= 11 is 0. The lowest BCUT2D eigenvalue weighted by Gasteiger charge is -2.16. The molecule has 0 aliphatic rings. The monoisotopic (exact) mass is 391 g/mol. The summed E-state index contributed by atoms with van der Waals surface area (Å²) in [5.74, 6) is -0.244. The number of rotatable bonds is 11. The summed E-state index contributed by atoms with van der Waals surface area (Å²) in [5.41, 5.74) is 0.685. The third-order valence-electron chi connectivity index (χ3n) is 3.73. The van der Waals surface area contributed by atoms with Crippen LogP contribution < -0.4 is 19.5 Å². The van der Waals surface area contributed by atoms with E-state index in [2.05, 4.69) is 5.32 Å². The molecule has 150 valence electrons. The molecule has 28 heavy (non-hydrogen) atoms. The van der Waals surface area contributed by atoms with E-state index in [0.29, 0.717) is 22.8 Å². The van der Waals surface area contributed by atoms with Gasteiger partial charge in [-0.05, 0) is 30.3 Å². The number of aliphatic carboxylic acids is 1. The van der Waals surface area contributed by atoms with Gasteiger partial charge in [-0.15, -0.1) is 0 Å². The lowest BCUT2D eigenvalue weighted by atomic mass is 10.1. The van der Waals surface area contributed by atoms with Crippen molar-refractivity contribution in [2.75, 3.05) is 20.3 Å². The number of carbonyl (C=O) groups is 2. The number of hydrogen-bond acceptors (Lipinski definition) is 5. The predicted molar refractivity (Wildman–Crippen MR) is 99.1 cm³/mol. The molecular formula is C20H22FNO6. The molecule has 8 heteroatoms. The highest BCUT2D eigenvalue weighted by Gasteiger charge is 2.12. The van der Waals surface area contributed by atoms with Gasteiger partial charge in [0.25, 0.3) is 0 Å². The maximum Gasteiger partial charge on any atom is 0.303 e. The van der Waals surface area contributed by atoms with Crippen molar-refractivity contribution >= 4 is 11.9 Å². The fourth-order valence-electron chi connectivity index (χ4n) is 2.36. The van der Waals surface area contributed by atoms with Gasteiger partial charge in [-0.1, -0.05) is 12.1 Å². The van der Waals surface area contributed by atoms with Gasteiger partial charge in [0.15, 0.2) is 11.5 Å². The smallest absolute Gasteiger partial charge is 0.303 e. The first-order valence-corrected chi connectivity index (χ1v) is 8.65. The van der Waals surface area contributed by atoms with Crippen LogP contribution in [0.15, 0.2) is 42.5 Å². The summed E-state index contributed by atoms with van der Waals surface area (Å²) in [5, 5.41) is 11.3. The molecule has 2 aromatic rings. The summed E-state index contributed by atoms with van der Waals surface area (Å²) in [6.07, 6.45) is -0.324. The van der Waals surface area contributed by atoms with Crippen LogP contribution in [0.25, 0.3) is 0 Å². The summed E-state index contributed by atoms with van der Waals surface area (Å²) in [4.78, 5) is 22.3. The van der Waals surface area contributed by atoms with Gasteiger partial charge in [-0.25, -0.2) is 4.39 Å². The number of amides is 1. The van der Waals surface area contributed by atoms with Gasteiger partial charge in [0.1, 0.15) is 24.8 Å². The number of nitrogens with one attached hydrogen (secondary N) is 1. The highest BCUT2D eigenvalue weighted by molar-refractivity contribution is 5.80. The zero-order chi connectivity index (χ0) is 20.4. The predicted octanol–water partition coefficient (Wildman–Crippen LogP) is 2.77. The van der Waals surface area contributed by atoms with E-state index in [9.17, 15) is 14.0 Å². The molecule has 0 spiro atoms. The van der Waals surface area contributed by atoms with Gasteiger partial charge in [0.05, 0.1) is 13.5 Å². The van der Waals surface area contributed by atoms with E-state index in [-0.39, 0.29) is 44.3 Å². The Morgan fingerprint density at radius 1 is 1.04 bits per heavy atom. The molecule has 0 saturated heterocycles. The first-order chi connectivity index (χ1) is 13.5. The Morgan fingerprint density at radius 3 is 2.43 bits per heavy atom. The number of carboxylic acid groups (broad SMARTS) is 1. The van der Waals surface area contributed by atoms with Gasteiger partial charge in [-0.2, -0.15) is 0 Å². The molecule has 0 atom stereocenters. The van der Waals surface area contributed by atoms with Crippen molar-refractivity contribution in [2.45, 2.75) is 19.4 Å². The van der Waals surface area contributed by atoms with E-state index in [0.717, 1.165) is 0 Å². The van der Waals surface area contributed by atoms with Crippen LogP contribution in [0.3, 0.4) is 0 Å². The van der Waals surface area contributed by atoms with Crippen molar-refractivity contribution in [1.29, 1.82) is 0 Å². The van der Waals surface area contributed by atoms with Crippen LogP contribution in [-0.4, -0.2) is 37.3 Å². The van der Waals surface area contributed by atoms with Crippen LogP contribution in [-0.2, 0) is 16.1 Å². The maximum absolute atomic E-state index is 12.9. The van der Waals surface area contributed by atoms with Crippen LogP contribution in [0.4, 0.5) is 4.39 Å². The standard InChI is InChI=1S/C20H22FNO6/c1-26-17-4-2-3-14(13-22-18(23)9-10-19(24)25)20(17)28-12-11-27-16-7-5-15(21)6-8-16/h2-8H,9-13H2,1H3,(H,22,23)(H,24,25). The molecule has 0 fully saturated rings. The molecule has 0 aromatic heterocycles. The van der Waals surface area contributed by atoms with Gasteiger partial charge in [0, 0.05) is 18.5 Å². The van der Waals surface area contributed by atoms with E-state index in [1.807, 2.05) is 0 Å². The molecule has 2 aromatic carbocycles. The zero-order valence-electron chi connectivity index (χ0n) is 15.4. The van der Waals surface area contributed by atoms with Crippen molar-refractivity contribution < 1.29 is 33.3 Å². The Balaban J connectivity index is 1.91. The second-order valence-electron chi connectivity index (χ2n) is 5.77. The number of carboxylic acids is 1. The Hall–Kier alpha value is -3.29. The average molecular weight is 391 g/mol. The molecule has 0 saturated carbocycles. The van der Waals surface area contributed by atoms with E-state index in [4.69, 9.17) is 19.3 Å². The van der Waals surface area contributed by atoms with E-state index < -0.39 is 5.97 Å². The Bertz CT molecular complexity index is 794. The Morgan fingerprint density at radius 2 is 1.75 bits per heavy atom. The van der Waals surface area contributed by atoms with Crippen LogP contribution in [0, 0.1) is 5.82 Å². The summed E-state index contributed by atoms with van der Waals surface area (Å²) in [7, 11) is 1.51. The summed E-state index contributed by atoms with van der Waals surface area (Å²) < 4.78 is 29.4. The molecule has 0 aliphatic heterocycles. The molecule has 7 nitrogen and oxygen atoms in total. The molecule has 1 amide bonds. The first kappa shape index (κ1) is 21.0. The molecule has 0 bridgehead atoms. The number of ether oxygens (including phenoxy) is 3. The lowest BCUT2D eigenvalue weighted by molar-refractivity contribution is -0.138. The third kappa shape index (κ3) is 6.79. The molecule has 0 heterocycles. The first-order valence-electron chi connectivity index (χ1n) is 8.65. The highest BCUT2D eigenvalue weighted by Crippen LogP contribution is 2.31. The minimum atomic E-state index is -1.03. The second kappa shape index (κ2) is 10.8. The van der Waals surface area contributed by atoms with E-state index in [1.165, 1.54) is 31.4 Å². The number of benzene rings is 2.